The Bertz CT molecular complexity index is 291. The fraction of sp³-hybridized carbons (Fsp3) is 1.00. The van der Waals surface area contributed by atoms with E-state index in [9.17, 15) is 0 Å². The van der Waals surface area contributed by atoms with Crippen molar-refractivity contribution in [3.63, 3.8) is 0 Å². The number of nitrogens with two attached hydrogens (primary N) is 1. The lowest BCUT2D eigenvalue weighted by atomic mass is 9.84. The van der Waals surface area contributed by atoms with Crippen LogP contribution in [0.5, 0.6) is 0 Å². The van der Waals surface area contributed by atoms with E-state index in [1.165, 1.54) is 0 Å². The molecule has 0 aromatic carbocycles. The Morgan fingerprint density at radius 3 is 2.15 bits per heavy atom. The molecular weight excluding hydrogens is 252 g/mol. The number of hydrogen-bond acceptors (Lipinski definition) is 4. The molecule has 1 aliphatic carbocycles. The third-order valence-corrected chi connectivity index (χ3v) is 4.35. The van der Waals surface area contributed by atoms with Crippen LogP contribution in [0.2, 0.25) is 0 Å². The Hall–Kier alpha value is -0.160. The summed E-state index contributed by atoms with van der Waals surface area (Å²) in [6.45, 7) is 12.8. The topological polar surface area (TPSA) is 47.7 Å². The molecule has 1 heterocycles. The van der Waals surface area contributed by atoms with E-state index in [4.69, 9.17) is 15.2 Å². The van der Waals surface area contributed by atoms with Gasteiger partial charge in [-0.2, -0.15) is 0 Å². The van der Waals surface area contributed by atoms with Gasteiger partial charge in [0.25, 0.3) is 0 Å². The molecule has 1 aliphatic heterocycles. The summed E-state index contributed by atoms with van der Waals surface area (Å²) >= 11 is 0. The average molecular weight is 284 g/mol. The molecule has 0 radical (unpaired) electrons. The van der Waals surface area contributed by atoms with Crippen molar-refractivity contribution >= 4 is 0 Å². The van der Waals surface area contributed by atoms with Crippen molar-refractivity contribution in [2.75, 3.05) is 26.3 Å². The molecule has 0 bridgehead atoms. The highest BCUT2D eigenvalue weighted by Gasteiger charge is 2.45. The fourth-order valence-corrected chi connectivity index (χ4v) is 3.59. The molecule has 4 heteroatoms. The molecule has 20 heavy (non-hydrogen) atoms. The highest BCUT2D eigenvalue weighted by molar-refractivity contribution is 4.95. The summed E-state index contributed by atoms with van der Waals surface area (Å²) in [7, 11) is 0. The van der Waals surface area contributed by atoms with Gasteiger partial charge in [-0.3, -0.25) is 4.90 Å². The van der Waals surface area contributed by atoms with Crippen molar-refractivity contribution < 1.29 is 9.47 Å². The second kappa shape index (κ2) is 6.73. The molecule has 2 N–H and O–H groups in total. The highest BCUT2D eigenvalue weighted by Crippen LogP contribution is 2.37. The van der Waals surface area contributed by atoms with Gasteiger partial charge < -0.3 is 15.2 Å². The first kappa shape index (κ1) is 16.2. The molecule has 2 aliphatic rings. The van der Waals surface area contributed by atoms with E-state index in [1.807, 2.05) is 0 Å². The van der Waals surface area contributed by atoms with E-state index >= 15 is 0 Å². The quantitative estimate of drug-likeness (QED) is 0.841. The van der Waals surface area contributed by atoms with Crippen molar-refractivity contribution in [3.8, 4) is 0 Å². The van der Waals surface area contributed by atoms with Gasteiger partial charge in [-0.05, 0) is 18.3 Å². The molecule has 1 spiro atoms. The monoisotopic (exact) mass is 284 g/mol. The molecule has 2 fully saturated rings. The summed E-state index contributed by atoms with van der Waals surface area (Å²) in [5, 5.41) is 0. The van der Waals surface area contributed by atoms with Gasteiger partial charge in [-0.1, -0.05) is 27.7 Å². The molecule has 1 saturated carbocycles. The second-order valence-corrected chi connectivity index (χ2v) is 7.32. The Morgan fingerprint density at radius 2 is 1.65 bits per heavy atom. The van der Waals surface area contributed by atoms with Gasteiger partial charge in [-0.25, -0.2) is 0 Å². The first-order valence-corrected chi connectivity index (χ1v) is 8.19. The molecule has 2 atom stereocenters. The normalized spacial score (nSPS) is 30.0. The minimum Gasteiger partial charge on any atom is -0.347 e. The average Bonchev–Trinajstić information content (AvgIpc) is 2.79. The molecule has 2 rings (SSSR count). The fourth-order valence-electron chi connectivity index (χ4n) is 3.59. The first-order valence-electron chi connectivity index (χ1n) is 8.19. The van der Waals surface area contributed by atoms with Gasteiger partial charge >= 0.3 is 0 Å². The van der Waals surface area contributed by atoms with Crippen LogP contribution in [0.25, 0.3) is 0 Å². The van der Waals surface area contributed by atoms with Crippen molar-refractivity contribution in [1.29, 1.82) is 0 Å². The summed E-state index contributed by atoms with van der Waals surface area (Å²) in [4.78, 5) is 2.58. The van der Waals surface area contributed by atoms with Gasteiger partial charge in [-0.15, -0.1) is 0 Å². The Morgan fingerprint density at radius 1 is 1.10 bits per heavy atom. The maximum Gasteiger partial charge on any atom is 0.170 e. The van der Waals surface area contributed by atoms with Crippen molar-refractivity contribution in [2.45, 2.75) is 64.8 Å². The third-order valence-electron chi connectivity index (χ3n) is 4.35. The van der Waals surface area contributed by atoms with Crippen LogP contribution in [0.3, 0.4) is 0 Å². The van der Waals surface area contributed by atoms with Crippen LogP contribution < -0.4 is 5.73 Å². The lowest BCUT2D eigenvalue weighted by Crippen LogP contribution is -2.57. The van der Waals surface area contributed by atoms with Gasteiger partial charge in [0, 0.05) is 38.0 Å². The molecule has 0 amide bonds. The van der Waals surface area contributed by atoms with Gasteiger partial charge in [0.1, 0.15) is 0 Å². The lowest BCUT2D eigenvalue weighted by molar-refractivity contribution is -0.192. The van der Waals surface area contributed by atoms with Crippen LogP contribution in [0, 0.1) is 11.8 Å². The summed E-state index contributed by atoms with van der Waals surface area (Å²) in [5.41, 5.74) is 6.43. The van der Waals surface area contributed by atoms with E-state index in [2.05, 4.69) is 32.6 Å². The largest absolute Gasteiger partial charge is 0.347 e. The van der Waals surface area contributed by atoms with E-state index in [0.29, 0.717) is 17.9 Å². The Labute approximate surface area is 124 Å². The molecule has 0 aromatic heterocycles. The van der Waals surface area contributed by atoms with Crippen LogP contribution in [0.15, 0.2) is 0 Å². The van der Waals surface area contributed by atoms with Crippen LogP contribution in [0.4, 0.5) is 0 Å². The van der Waals surface area contributed by atoms with E-state index in [1.54, 1.807) is 0 Å². The van der Waals surface area contributed by atoms with Gasteiger partial charge in [0.05, 0.1) is 13.2 Å². The number of ether oxygens (including phenoxy) is 2. The minimum atomic E-state index is -0.341. The maximum absolute atomic E-state index is 6.43. The minimum absolute atomic E-state index is 0.242. The third kappa shape index (κ3) is 3.94. The van der Waals surface area contributed by atoms with Crippen LogP contribution in [-0.2, 0) is 9.47 Å². The standard InChI is InChI=1S/C16H32N2O2/c1-12(2)10-18(11-13(3)4)15-9-16(6-5-14(15)17)19-7-8-20-16/h12-15H,5-11,17H2,1-4H3. The van der Waals surface area contributed by atoms with E-state index < -0.39 is 0 Å². The van der Waals surface area contributed by atoms with Crippen molar-refractivity contribution in [2.24, 2.45) is 17.6 Å². The smallest absolute Gasteiger partial charge is 0.170 e. The van der Waals surface area contributed by atoms with Crippen molar-refractivity contribution in [1.82, 2.24) is 4.90 Å². The van der Waals surface area contributed by atoms with Crippen molar-refractivity contribution in [3.05, 3.63) is 0 Å². The summed E-state index contributed by atoms with van der Waals surface area (Å²) in [6.07, 6.45) is 2.87. The van der Waals surface area contributed by atoms with Gasteiger partial charge in [0.15, 0.2) is 5.79 Å². The Kier molecular flexibility index (Phi) is 5.46. The summed E-state index contributed by atoms with van der Waals surface area (Å²) < 4.78 is 11.8. The zero-order valence-corrected chi connectivity index (χ0v) is 13.6. The maximum atomic E-state index is 6.43. The molecule has 4 nitrogen and oxygen atoms in total. The SMILES string of the molecule is CC(C)CN(CC(C)C)C1CC2(CCC1N)OCCO2. The summed E-state index contributed by atoms with van der Waals surface area (Å²) in [6, 6.07) is 0.623. The molecular formula is C16H32N2O2. The second-order valence-electron chi connectivity index (χ2n) is 7.32. The molecule has 2 unspecified atom stereocenters. The zero-order chi connectivity index (χ0) is 14.8. The number of nitrogens with zero attached hydrogens (tertiary/aromatic N) is 1. The predicted molar refractivity (Wildman–Crippen MR) is 81.5 cm³/mol. The van der Waals surface area contributed by atoms with Crippen LogP contribution >= 0.6 is 0 Å². The molecule has 118 valence electrons. The molecule has 1 saturated heterocycles. The summed E-state index contributed by atoms with van der Waals surface area (Å²) in [5.74, 6) is 0.973. The van der Waals surface area contributed by atoms with E-state index in [-0.39, 0.29) is 11.8 Å². The van der Waals surface area contributed by atoms with E-state index in [0.717, 1.165) is 45.6 Å². The van der Waals surface area contributed by atoms with Crippen LogP contribution in [0.1, 0.15) is 47.0 Å². The van der Waals surface area contributed by atoms with Gasteiger partial charge in [0.2, 0.25) is 0 Å². The Balaban J connectivity index is 2.07. The lowest BCUT2D eigenvalue weighted by Gasteiger charge is -2.45. The number of hydrogen-bond donors (Lipinski definition) is 1. The predicted octanol–water partition coefficient (Wildman–Crippen LogP) is 2.22. The molecule has 0 aromatic rings. The zero-order valence-electron chi connectivity index (χ0n) is 13.6. The first-order chi connectivity index (χ1) is 9.42. The number of rotatable bonds is 5. The van der Waals surface area contributed by atoms with Crippen LogP contribution in [-0.4, -0.2) is 49.1 Å². The highest BCUT2D eigenvalue weighted by atomic mass is 16.7.